The lowest BCUT2D eigenvalue weighted by atomic mass is 9.83. The predicted molar refractivity (Wildman–Crippen MR) is 207 cm³/mol. The van der Waals surface area contributed by atoms with E-state index in [1.165, 1.54) is 80.7 Å². The summed E-state index contributed by atoms with van der Waals surface area (Å²) in [7, 11) is 0. The van der Waals surface area contributed by atoms with Crippen LogP contribution in [0.15, 0.2) is 152 Å². The molecule has 9 rings (SSSR count). The standard InChI is InChI=1S/C46H34S/c1-46(2,3)32-25-26-40-42(28-32)47-41-22-12-21-35(45(40)41)33-15-6-7-16-34(33)44-38-19-10-8-17-36(38)43(37-18-9-11-20-39(37)44)31-24-23-29-13-4-5-14-30(29)27-31/h4-28H,1-3H3/i4D. The lowest BCUT2D eigenvalue weighted by molar-refractivity contribution is 0.591. The second-order valence-corrected chi connectivity index (χ2v) is 14.7. The quantitative estimate of drug-likeness (QED) is 0.173. The highest BCUT2D eigenvalue weighted by molar-refractivity contribution is 7.26. The van der Waals surface area contributed by atoms with E-state index in [1.54, 1.807) is 0 Å². The van der Waals surface area contributed by atoms with Crippen molar-refractivity contribution in [3.63, 3.8) is 0 Å². The van der Waals surface area contributed by atoms with Crippen molar-refractivity contribution in [2.24, 2.45) is 0 Å². The van der Waals surface area contributed by atoms with Gasteiger partial charge in [-0.25, -0.2) is 0 Å². The monoisotopic (exact) mass is 619 g/mol. The SMILES string of the molecule is [2H]c1ccc2cc(-c3c4ccccc4c(-c4ccccc4-c4cccc5sc6cc(C(C)(C)C)ccc6c45)c4ccccc34)ccc2c1. The Kier molecular flexibility index (Phi) is 6.11. The van der Waals surface area contributed by atoms with E-state index in [-0.39, 0.29) is 5.41 Å². The first-order valence-corrected chi connectivity index (χ1v) is 17.2. The third kappa shape index (κ3) is 4.49. The van der Waals surface area contributed by atoms with Crippen LogP contribution in [0.2, 0.25) is 0 Å². The molecule has 0 aliphatic carbocycles. The molecule has 0 unspecified atom stereocenters. The first-order chi connectivity index (χ1) is 23.3. The average Bonchev–Trinajstić information content (AvgIpc) is 3.48. The van der Waals surface area contributed by atoms with E-state index < -0.39 is 0 Å². The van der Waals surface area contributed by atoms with Gasteiger partial charge >= 0.3 is 0 Å². The molecular weight excluding hydrogens is 585 g/mol. The summed E-state index contributed by atoms with van der Waals surface area (Å²) in [6.07, 6.45) is 0. The van der Waals surface area contributed by atoms with Gasteiger partial charge in [-0.1, -0.05) is 154 Å². The van der Waals surface area contributed by atoms with Crippen molar-refractivity contribution >= 4 is 63.8 Å². The Bertz CT molecular complexity index is 2670. The van der Waals surface area contributed by atoms with Gasteiger partial charge < -0.3 is 0 Å². The van der Waals surface area contributed by atoms with Crippen LogP contribution in [0.1, 0.15) is 27.7 Å². The summed E-state index contributed by atoms with van der Waals surface area (Å²) in [6.45, 7) is 6.87. The van der Waals surface area contributed by atoms with Crippen LogP contribution in [-0.4, -0.2) is 0 Å². The summed E-state index contributed by atoms with van der Waals surface area (Å²) < 4.78 is 10.8. The molecule has 47 heavy (non-hydrogen) atoms. The molecule has 0 bridgehead atoms. The Hall–Kier alpha value is -5.24. The smallest absolute Gasteiger partial charge is 0.0623 e. The van der Waals surface area contributed by atoms with E-state index in [2.05, 4.69) is 154 Å². The third-order valence-electron chi connectivity index (χ3n) is 9.75. The molecule has 0 saturated carbocycles. The molecule has 0 nitrogen and oxygen atoms in total. The minimum Gasteiger partial charge on any atom is -0.135 e. The van der Waals surface area contributed by atoms with Crippen molar-refractivity contribution in [3.05, 3.63) is 157 Å². The number of hydrogen-bond acceptors (Lipinski definition) is 1. The maximum absolute atomic E-state index is 8.10. The Labute approximate surface area is 281 Å². The molecule has 0 aliphatic rings. The van der Waals surface area contributed by atoms with Crippen LogP contribution in [-0.2, 0) is 5.41 Å². The van der Waals surface area contributed by atoms with Gasteiger partial charge in [0.25, 0.3) is 0 Å². The lowest BCUT2D eigenvalue weighted by Gasteiger charge is -2.20. The van der Waals surface area contributed by atoms with Gasteiger partial charge in [0.2, 0.25) is 0 Å². The van der Waals surface area contributed by atoms with E-state index >= 15 is 0 Å². The molecule has 0 aliphatic heterocycles. The van der Waals surface area contributed by atoms with Crippen molar-refractivity contribution in [1.82, 2.24) is 0 Å². The van der Waals surface area contributed by atoms with Crippen LogP contribution in [0.5, 0.6) is 0 Å². The maximum Gasteiger partial charge on any atom is 0.0623 e. The van der Waals surface area contributed by atoms with Gasteiger partial charge in [0.1, 0.15) is 0 Å². The molecular formula is C46H34S. The summed E-state index contributed by atoms with van der Waals surface area (Å²) in [5.74, 6) is 0. The zero-order valence-electron chi connectivity index (χ0n) is 27.8. The lowest BCUT2D eigenvalue weighted by Crippen LogP contribution is -2.10. The Morgan fingerprint density at radius 1 is 0.468 bits per heavy atom. The summed E-state index contributed by atoms with van der Waals surface area (Å²) in [5.41, 5.74) is 8.96. The molecule has 8 aromatic carbocycles. The van der Waals surface area contributed by atoms with Gasteiger partial charge in [-0.3, -0.25) is 0 Å². The van der Waals surface area contributed by atoms with Crippen molar-refractivity contribution in [2.45, 2.75) is 26.2 Å². The van der Waals surface area contributed by atoms with Crippen molar-refractivity contribution in [2.75, 3.05) is 0 Å². The molecule has 224 valence electrons. The Balaban J connectivity index is 1.33. The predicted octanol–water partition coefficient (Wildman–Crippen LogP) is 13.8. The average molecular weight is 620 g/mol. The minimum absolute atomic E-state index is 0.104. The number of thiophene rings is 1. The Morgan fingerprint density at radius 2 is 1.13 bits per heavy atom. The maximum atomic E-state index is 8.10. The van der Waals surface area contributed by atoms with Crippen molar-refractivity contribution in [3.8, 4) is 33.4 Å². The van der Waals surface area contributed by atoms with Crippen LogP contribution >= 0.6 is 11.3 Å². The van der Waals surface area contributed by atoms with Crippen molar-refractivity contribution < 1.29 is 1.37 Å². The number of rotatable bonds is 3. The van der Waals surface area contributed by atoms with Crippen molar-refractivity contribution in [1.29, 1.82) is 0 Å². The molecule has 0 spiro atoms. The molecule has 0 saturated heterocycles. The Morgan fingerprint density at radius 3 is 1.85 bits per heavy atom. The van der Waals surface area contributed by atoms with E-state index in [0.29, 0.717) is 6.04 Å². The van der Waals surface area contributed by atoms with E-state index in [9.17, 15) is 0 Å². The largest absolute Gasteiger partial charge is 0.135 e. The van der Waals surface area contributed by atoms with Crippen LogP contribution in [0.4, 0.5) is 0 Å². The first kappa shape index (κ1) is 26.9. The van der Waals surface area contributed by atoms with Gasteiger partial charge in [-0.05, 0) is 94.9 Å². The molecule has 1 heterocycles. The summed E-state index contributed by atoms with van der Waals surface area (Å²) in [6, 6.07) is 53.7. The second-order valence-electron chi connectivity index (χ2n) is 13.6. The minimum atomic E-state index is 0.104. The zero-order valence-corrected chi connectivity index (χ0v) is 27.6. The van der Waals surface area contributed by atoms with Gasteiger partial charge in [-0.2, -0.15) is 0 Å². The molecule has 0 radical (unpaired) electrons. The normalized spacial score (nSPS) is 12.4. The van der Waals surface area contributed by atoms with E-state index in [1.807, 2.05) is 23.5 Å². The summed E-state index contributed by atoms with van der Waals surface area (Å²) in [5, 5.41) is 9.88. The third-order valence-corrected chi connectivity index (χ3v) is 10.9. The van der Waals surface area contributed by atoms with Crippen LogP contribution in [0, 0.1) is 0 Å². The van der Waals surface area contributed by atoms with Crippen LogP contribution in [0.3, 0.4) is 0 Å². The van der Waals surface area contributed by atoms with Crippen LogP contribution < -0.4 is 0 Å². The molecule has 9 aromatic rings. The fourth-order valence-corrected chi connectivity index (χ4v) is 8.64. The molecule has 0 atom stereocenters. The second kappa shape index (κ2) is 10.7. The first-order valence-electron chi connectivity index (χ1n) is 16.8. The van der Waals surface area contributed by atoms with Gasteiger partial charge in [0, 0.05) is 20.2 Å². The number of benzene rings is 8. The van der Waals surface area contributed by atoms with Gasteiger partial charge in [-0.15, -0.1) is 11.3 Å². The number of fused-ring (bicyclic) bond motifs is 6. The fourth-order valence-electron chi connectivity index (χ4n) is 7.46. The molecule has 1 aromatic heterocycles. The highest BCUT2D eigenvalue weighted by Crippen LogP contribution is 2.48. The molecule has 1 heteroatoms. The van der Waals surface area contributed by atoms with E-state index in [0.717, 1.165) is 10.8 Å². The summed E-state index contributed by atoms with van der Waals surface area (Å²) in [4.78, 5) is 0. The molecule has 0 amide bonds. The van der Waals surface area contributed by atoms with E-state index in [4.69, 9.17) is 1.37 Å². The van der Waals surface area contributed by atoms with Gasteiger partial charge in [0.15, 0.2) is 0 Å². The fraction of sp³-hybridized carbons (Fsp3) is 0.0870. The topological polar surface area (TPSA) is 0 Å². The zero-order chi connectivity index (χ0) is 32.6. The number of hydrogen-bond donors (Lipinski definition) is 0. The van der Waals surface area contributed by atoms with Crippen LogP contribution in [0.25, 0.3) is 85.9 Å². The highest BCUT2D eigenvalue weighted by atomic mass is 32.1. The summed E-state index contributed by atoms with van der Waals surface area (Å²) >= 11 is 1.90. The molecule has 0 N–H and O–H groups in total. The highest BCUT2D eigenvalue weighted by Gasteiger charge is 2.21. The van der Waals surface area contributed by atoms with Gasteiger partial charge in [0.05, 0.1) is 1.37 Å². The molecule has 0 fully saturated rings.